The highest BCUT2D eigenvalue weighted by molar-refractivity contribution is 6.30. The van der Waals surface area contributed by atoms with Crippen molar-refractivity contribution < 1.29 is 18.7 Å². The number of rotatable bonds is 4. The van der Waals surface area contributed by atoms with Crippen LogP contribution < -0.4 is 15.1 Å². The maximum absolute atomic E-state index is 12.0. The summed E-state index contributed by atoms with van der Waals surface area (Å²) in [6.45, 7) is -0.242. The van der Waals surface area contributed by atoms with Crippen molar-refractivity contribution in [2.24, 2.45) is 0 Å². The van der Waals surface area contributed by atoms with Gasteiger partial charge in [-0.3, -0.25) is 0 Å². The summed E-state index contributed by atoms with van der Waals surface area (Å²) in [4.78, 5) is 24.0. The highest BCUT2D eigenvalue weighted by Crippen LogP contribution is 2.29. The lowest BCUT2D eigenvalue weighted by molar-refractivity contribution is -0.136. The molecule has 3 aromatic rings. The van der Waals surface area contributed by atoms with Crippen LogP contribution in [0.25, 0.3) is 11.0 Å². The van der Waals surface area contributed by atoms with Crippen LogP contribution in [0.4, 0.5) is 0 Å². The number of hydrogen-bond donors (Lipinski definition) is 0. The molecule has 0 saturated heterocycles. The van der Waals surface area contributed by atoms with Gasteiger partial charge in [0, 0.05) is 22.0 Å². The molecule has 1 aliphatic carbocycles. The van der Waals surface area contributed by atoms with Crippen LogP contribution in [0, 0.1) is 0 Å². The Morgan fingerprint density at radius 3 is 2.58 bits per heavy atom. The molecule has 4 rings (SSSR count). The number of halogens is 1. The SMILES string of the molecule is O=C(COc1ccc(Cl)cc1)Oc1ccc2c3c(c(=O)oc2c1)CCC3. The quantitative estimate of drug-likeness (QED) is 0.395. The van der Waals surface area contributed by atoms with Crippen molar-refractivity contribution in [1.29, 1.82) is 0 Å². The van der Waals surface area contributed by atoms with Gasteiger partial charge in [-0.05, 0) is 61.2 Å². The molecule has 0 bridgehead atoms. The number of carbonyl (C=O) groups is 1. The standard InChI is InChI=1S/C20H15ClO5/c21-12-4-6-13(7-5-12)24-11-19(22)25-14-8-9-16-15-2-1-3-17(15)20(23)26-18(16)10-14/h4-10H,1-3,11H2. The van der Waals surface area contributed by atoms with Gasteiger partial charge in [-0.2, -0.15) is 0 Å². The van der Waals surface area contributed by atoms with Gasteiger partial charge in [0.2, 0.25) is 0 Å². The second-order valence-electron chi connectivity index (χ2n) is 6.07. The average Bonchev–Trinajstić information content (AvgIpc) is 3.12. The lowest BCUT2D eigenvalue weighted by Gasteiger charge is -2.08. The molecule has 0 N–H and O–H groups in total. The Morgan fingerprint density at radius 1 is 1.04 bits per heavy atom. The molecule has 0 aliphatic heterocycles. The van der Waals surface area contributed by atoms with E-state index in [1.165, 1.54) is 0 Å². The molecule has 0 spiro atoms. The van der Waals surface area contributed by atoms with E-state index in [1.54, 1.807) is 36.4 Å². The van der Waals surface area contributed by atoms with E-state index in [0.29, 0.717) is 22.1 Å². The summed E-state index contributed by atoms with van der Waals surface area (Å²) in [7, 11) is 0. The summed E-state index contributed by atoms with van der Waals surface area (Å²) in [5.41, 5.74) is 1.93. The van der Waals surface area contributed by atoms with E-state index in [-0.39, 0.29) is 12.2 Å². The minimum absolute atomic E-state index is 0.242. The first kappa shape index (κ1) is 16.7. The van der Waals surface area contributed by atoms with Crippen LogP contribution in [0.5, 0.6) is 11.5 Å². The lowest BCUT2D eigenvalue weighted by atomic mass is 10.1. The average molecular weight is 371 g/mol. The molecule has 5 nitrogen and oxygen atoms in total. The Bertz CT molecular complexity index is 1040. The van der Waals surface area contributed by atoms with Gasteiger partial charge < -0.3 is 13.9 Å². The van der Waals surface area contributed by atoms with Crippen molar-refractivity contribution in [3.63, 3.8) is 0 Å². The van der Waals surface area contributed by atoms with Gasteiger partial charge in [-0.1, -0.05) is 11.6 Å². The minimum Gasteiger partial charge on any atom is -0.482 e. The van der Waals surface area contributed by atoms with Gasteiger partial charge in [-0.25, -0.2) is 9.59 Å². The first-order valence-electron chi connectivity index (χ1n) is 8.28. The normalized spacial score (nSPS) is 12.8. The van der Waals surface area contributed by atoms with Crippen LogP contribution in [-0.2, 0) is 17.6 Å². The Labute approximate surface area is 154 Å². The molecule has 0 amide bonds. The largest absolute Gasteiger partial charge is 0.482 e. The number of fused-ring (bicyclic) bond motifs is 3. The summed E-state index contributed by atoms with van der Waals surface area (Å²) >= 11 is 5.80. The third-order valence-electron chi connectivity index (χ3n) is 4.35. The second kappa shape index (κ2) is 6.84. The monoisotopic (exact) mass is 370 g/mol. The number of aryl methyl sites for hydroxylation is 1. The van der Waals surface area contributed by atoms with Crippen LogP contribution in [0.3, 0.4) is 0 Å². The minimum atomic E-state index is -0.553. The van der Waals surface area contributed by atoms with Crippen molar-refractivity contribution >= 4 is 28.5 Å². The van der Waals surface area contributed by atoms with E-state index in [2.05, 4.69) is 0 Å². The van der Waals surface area contributed by atoms with Crippen molar-refractivity contribution in [2.75, 3.05) is 6.61 Å². The van der Waals surface area contributed by atoms with Crippen LogP contribution in [-0.4, -0.2) is 12.6 Å². The van der Waals surface area contributed by atoms with Crippen molar-refractivity contribution in [2.45, 2.75) is 19.3 Å². The fourth-order valence-corrected chi connectivity index (χ4v) is 3.29. The van der Waals surface area contributed by atoms with Gasteiger partial charge in [-0.15, -0.1) is 0 Å². The molecule has 0 saturated carbocycles. The van der Waals surface area contributed by atoms with E-state index in [4.69, 9.17) is 25.5 Å². The summed E-state index contributed by atoms with van der Waals surface area (Å²) < 4.78 is 16.0. The fraction of sp³-hybridized carbons (Fsp3) is 0.200. The van der Waals surface area contributed by atoms with E-state index >= 15 is 0 Å². The molecular weight excluding hydrogens is 356 g/mol. The lowest BCUT2D eigenvalue weighted by Crippen LogP contribution is -2.17. The topological polar surface area (TPSA) is 65.7 Å². The van der Waals surface area contributed by atoms with Crippen molar-refractivity contribution in [3.8, 4) is 11.5 Å². The van der Waals surface area contributed by atoms with Crippen LogP contribution >= 0.6 is 11.6 Å². The summed E-state index contributed by atoms with van der Waals surface area (Å²) in [5.74, 6) is 0.275. The number of benzene rings is 2. The zero-order valence-electron chi connectivity index (χ0n) is 13.8. The van der Waals surface area contributed by atoms with Crippen LogP contribution in [0.2, 0.25) is 5.02 Å². The van der Waals surface area contributed by atoms with E-state index < -0.39 is 5.97 Å². The molecule has 132 valence electrons. The predicted octanol–water partition coefficient (Wildman–Crippen LogP) is 3.92. The maximum atomic E-state index is 12.0. The second-order valence-corrected chi connectivity index (χ2v) is 6.51. The Hall–Kier alpha value is -2.79. The molecule has 1 aliphatic rings. The molecule has 0 atom stereocenters. The zero-order chi connectivity index (χ0) is 18.1. The van der Waals surface area contributed by atoms with Crippen molar-refractivity contribution in [3.05, 3.63) is 69.0 Å². The molecule has 26 heavy (non-hydrogen) atoms. The molecule has 0 radical (unpaired) electrons. The number of carbonyl (C=O) groups excluding carboxylic acids is 1. The molecule has 0 unspecified atom stereocenters. The van der Waals surface area contributed by atoms with Gasteiger partial charge in [0.15, 0.2) is 6.61 Å². The van der Waals surface area contributed by atoms with E-state index in [1.807, 2.05) is 6.07 Å². The highest BCUT2D eigenvalue weighted by atomic mass is 35.5. The molecule has 1 heterocycles. The van der Waals surface area contributed by atoms with Crippen LogP contribution in [0.1, 0.15) is 17.5 Å². The Morgan fingerprint density at radius 2 is 1.77 bits per heavy atom. The van der Waals surface area contributed by atoms with E-state index in [0.717, 1.165) is 35.8 Å². The first-order chi connectivity index (χ1) is 12.6. The molecule has 1 aromatic heterocycles. The maximum Gasteiger partial charge on any atom is 0.349 e. The zero-order valence-corrected chi connectivity index (χ0v) is 14.5. The van der Waals surface area contributed by atoms with Gasteiger partial charge >= 0.3 is 11.6 Å². The smallest absolute Gasteiger partial charge is 0.349 e. The first-order valence-corrected chi connectivity index (χ1v) is 8.65. The third-order valence-corrected chi connectivity index (χ3v) is 4.60. The molecule has 6 heteroatoms. The summed E-state index contributed by atoms with van der Waals surface area (Å²) in [6, 6.07) is 11.8. The number of ether oxygens (including phenoxy) is 2. The fourth-order valence-electron chi connectivity index (χ4n) is 3.16. The van der Waals surface area contributed by atoms with Crippen LogP contribution in [0.15, 0.2) is 51.7 Å². The van der Waals surface area contributed by atoms with E-state index in [9.17, 15) is 9.59 Å². The number of hydrogen-bond acceptors (Lipinski definition) is 5. The van der Waals surface area contributed by atoms with Gasteiger partial charge in [0.25, 0.3) is 0 Å². The third kappa shape index (κ3) is 3.30. The summed E-state index contributed by atoms with van der Waals surface area (Å²) in [5, 5.41) is 1.48. The van der Waals surface area contributed by atoms with Gasteiger partial charge in [0.05, 0.1) is 0 Å². The Kier molecular flexibility index (Phi) is 4.39. The summed E-state index contributed by atoms with van der Waals surface area (Å²) in [6.07, 6.45) is 2.58. The molecule has 0 fully saturated rings. The van der Waals surface area contributed by atoms with Gasteiger partial charge in [0.1, 0.15) is 17.1 Å². The molecule has 2 aromatic carbocycles. The predicted molar refractivity (Wildman–Crippen MR) is 97.1 cm³/mol. The molecular formula is C20H15ClO5. The Balaban J connectivity index is 1.48. The highest BCUT2D eigenvalue weighted by Gasteiger charge is 2.20. The van der Waals surface area contributed by atoms with Crippen molar-refractivity contribution in [1.82, 2.24) is 0 Å². The number of esters is 1.